The van der Waals surface area contributed by atoms with Crippen LogP contribution in [0.2, 0.25) is 0 Å². The number of benzene rings is 2. The standard InChI is InChI=1S/C26H32N2O2Se2/c29-25(27-19-11-3-1-4-12-19)21-15-7-9-17-23(21)31-32-24-18-10-8-16-22(24)26(30)28-20-13-5-2-6-14-20/h7-10,15-20H,1-6,11-14H2,(H,27,29)(H,28,30). The van der Waals surface area contributed by atoms with Crippen LogP contribution in [0, 0.1) is 0 Å². The summed E-state index contributed by atoms with van der Waals surface area (Å²) in [6.07, 6.45) is 11.7. The molecular weight excluding hydrogens is 530 g/mol. The second kappa shape index (κ2) is 12.0. The van der Waals surface area contributed by atoms with Crippen molar-refractivity contribution in [3.8, 4) is 0 Å². The molecule has 32 heavy (non-hydrogen) atoms. The van der Waals surface area contributed by atoms with Gasteiger partial charge in [0.1, 0.15) is 0 Å². The first-order valence-corrected chi connectivity index (χ1v) is 17.9. The van der Waals surface area contributed by atoms with E-state index in [9.17, 15) is 9.59 Å². The van der Waals surface area contributed by atoms with Crippen molar-refractivity contribution in [3.05, 3.63) is 59.7 Å². The molecule has 0 spiro atoms. The van der Waals surface area contributed by atoms with Crippen LogP contribution in [0.3, 0.4) is 0 Å². The maximum atomic E-state index is 13.0. The molecule has 0 atom stereocenters. The Morgan fingerprint density at radius 2 is 0.969 bits per heavy atom. The number of hydrogen-bond donors (Lipinski definition) is 2. The average molecular weight is 562 g/mol. The monoisotopic (exact) mass is 564 g/mol. The molecule has 2 aromatic rings. The zero-order valence-electron chi connectivity index (χ0n) is 18.5. The van der Waals surface area contributed by atoms with Gasteiger partial charge < -0.3 is 0 Å². The van der Waals surface area contributed by atoms with Crippen molar-refractivity contribution in [1.29, 1.82) is 0 Å². The summed E-state index contributed by atoms with van der Waals surface area (Å²) >= 11 is 0.267. The SMILES string of the molecule is O=C(NC1CCCCC1)c1ccccc1[Se][Se]c1ccccc1C(=O)NC1CCCCC1. The van der Waals surface area contributed by atoms with Gasteiger partial charge in [-0.15, -0.1) is 0 Å². The first-order valence-electron chi connectivity index (χ1n) is 11.8. The Morgan fingerprint density at radius 1 is 0.594 bits per heavy atom. The molecule has 2 saturated carbocycles. The third-order valence-corrected chi connectivity index (χ3v) is 13.6. The van der Waals surface area contributed by atoms with E-state index in [1.165, 1.54) is 38.5 Å². The Morgan fingerprint density at radius 3 is 1.38 bits per heavy atom. The summed E-state index contributed by atoms with van der Waals surface area (Å²) in [4.78, 5) is 26.0. The van der Waals surface area contributed by atoms with Crippen LogP contribution in [0.1, 0.15) is 84.9 Å². The molecule has 0 radical (unpaired) electrons. The minimum absolute atomic E-state index is 0.0634. The summed E-state index contributed by atoms with van der Waals surface area (Å²) in [5.74, 6) is 0.127. The normalized spacial score (nSPS) is 17.6. The van der Waals surface area contributed by atoms with Crippen LogP contribution in [0.25, 0.3) is 0 Å². The first-order chi connectivity index (χ1) is 15.7. The first kappa shape index (κ1) is 23.6. The number of rotatable bonds is 7. The van der Waals surface area contributed by atoms with Crippen LogP contribution in [0.15, 0.2) is 48.5 Å². The minimum atomic E-state index is 0.0634. The summed E-state index contributed by atoms with van der Waals surface area (Å²) < 4.78 is 2.27. The van der Waals surface area contributed by atoms with Gasteiger partial charge in [0, 0.05) is 0 Å². The zero-order valence-corrected chi connectivity index (χ0v) is 21.9. The summed E-state index contributed by atoms with van der Waals surface area (Å²) in [6.45, 7) is 0. The number of carbonyl (C=O) groups is 2. The number of amides is 2. The third-order valence-electron chi connectivity index (χ3n) is 6.37. The Hall–Kier alpha value is -1.58. The molecule has 6 heteroatoms. The Labute approximate surface area is 202 Å². The molecule has 0 heterocycles. The summed E-state index contributed by atoms with van der Waals surface area (Å²) in [6, 6.07) is 16.6. The molecule has 2 aliphatic rings. The van der Waals surface area contributed by atoms with Gasteiger partial charge in [-0.1, -0.05) is 0 Å². The second-order valence-electron chi connectivity index (χ2n) is 8.78. The zero-order chi connectivity index (χ0) is 22.2. The van der Waals surface area contributed by atoms with Crippen LogP contribution in [0.5, 0.6) is 0 Å². The Bertz CT molecular complexity index is 846. The summed E-state index contributed by atoms with van der Waals surface area (Å²) in [7, 11) is 0. The van der Waals surface area contributed by atoms with E-state index in [1.54, 1.807) is 0 Å². The molecule has 2 N–H and O–H groups in total. The molecule has 4 nitrogen and oxygen atoms in total. The van der Waals surface area contributed by atoms with E-state index in [-0.39, 0.29) is 38.1 Å². The van der Waals surface area contributed by atoms with E-state index in [0.29, 0.717) is 12.1 Å². The van der Waals surface area contributed by atoms with E-state index in [2.05, 4.69) is 22.8 Å². The second-order valence-corrected chi connectivity index (χ2v) is 15.0. The molecule has 2 aromatic carbocycles. The quantitative estimate of drug-likeness (QED) is 0.510. The van der Waals surface area contributed by atoms with Crippen molar-refractivity contribution in [1.82, 2.24) is 10.6 Å². The van der Waals surface area contributed by atoms with E-state index >= 15 is 0 Å². The van der Waals surface area contributed by atoms with Crippen molar-refractivity contribution in [2.75, 3.05) is 0 Å². The van der Waals surface area contributed by atoms with Gasteiger partial charge in [-0.25, -0.2) is 0 Å². The predicted octanol–water partition coefficient (Wildman–Crippen LogP) is 3.09. The molecule has 0 unspecified atom stereocenters. The average Bonchev–Trinajstić information content (AvgIpc) is 2.84. The van der Waals surface area contributed by atoms with Gasteiger partial charge >= 0.3 is 203 Å². The van der Waals surface area contributed by atoms with E-state index in [1.807, 2.05) is 36.4 Å². The van der Waals surface area contributed by atoms with Crippen molar-refractivity contribution < 1.29 is 9.59 Å². The van der Waals surface area contributed by atoms with Gasteiger partial charge in [0.15, 0.2) is 0 Å². The van der Waals surface area contributed by atoms with Gasteiger partial charge in [0.05, 0.1) is 0 Å². The fourth-order valence-electron chi connectivity index (χ4n) is 4.56. The Balaban J connectivity index is 1.41. The summed E-state index contributed by atoms with van der Waals surface area (Å²) in [5, 5.41) is 6.53. The molecule has 2 fully saturated rings. The van der Waals surface area contributed by atoms with Crippen LogP contribution in [0.4, 0.5) is 0 Å². The molecular formula is C26H32N2O2Se2. The summed E-state index contributed by atoms with van der Waals surface area (Å²) in [5.41, 5.74) is 1.62. The van der Waals surface area contributed by atoms with Gasteiger partial charge in [-0.05, 0) is 0 Å². The molecule has 2 amide bonds. The van der Waals surface area contributed by atoms with Gasteiger partial charge in [-0.2, -0.15) is 0 Å². The molecule has 0 aliphatic heterocycles. The Kier molecular flexibility index (Phi) is 8.87. The van der Waals surface area contributed by atoms with E-state index in [0.717, 1.165) is 45.7 Å². The number of hydrogen-bond acceptors (Lipinski definition) is 2. The molecule has 0 aromatic heterocycles. The van der Waals surface area contributed by atoms with Crippen molar-refractivity contribution in [2.24, 2.45) is 0 Å². The number of carbonyl (C=O) groups excluding carboxylic acids is 2. The van der Waals surface area contributed by atoms with Crippen LogP contribution < -0.4 is 19.6 Å². The molecule has 0 saturated heterocycles. The maximum absolute atomic E-state index is 13.0. The van der Waals surface area contributed by atoms with Crippen molar-refractivity contribution >= 4 is 47.0 Å². The van der Waals surface area contributed by atoms with E-state index in [4.69, 9.17) is 0 Å². The fourth-order valence-corrected chi connectivity index (χ4v) is 11.7. The number of nitrogens with one attached hydrogen (secondary N) is 2. The third kappa shape index (κ3) is 6.48. The molecule has 4 rings (SSSR count). The topological polar surface area (TPSA) is 58.2 Å². The molecule has 170 valence electrons. The van der Waals surface area contributed by atoms with Crippen LogP contribution in [-0.2, 0) is 0 Å². The van der Waals surface area contributed by atoms with Gasteiger partial charge in [0.2, 0.25) is 0 Å². The fraction of sp³-hybridized carbons (Fsp3) is 0.462. The van der Waals surface area contributed by atoms with Gasteiger partial charge in [-0.3, -0.25) is 0 Å². The van der Waals surface area contributed by atoms with Crippen molar-refractivity contribution in [2.45, 2.75) is 76.3 Å². The van der Waals surface area contributed by atoms with Crippen molar-refractivity contribution in [3.63, 3.8) is 0 Å². The molecule has 0 bridgehead atoms. The van der Waals surface area contributed by atoms with Crippen LogP contribution in [-0.4, -0.2) is 50.2 Å². The molecule has 2 aliphatic carbocycles. The van der Waals surface area contributed by atoms with E-state index < -0.39 is 0 Å². The van der Waals surface area contributed by atoms with Crippen LogP contribution >= 0.6 is 0 Å². The predicted molar refractivity (Wildman–Crippen MR) is 132 cm³/mol. The van der Waals surface area contributed by atoms with Gasteiger partial charge in [0.25, 0.3) is 0 Å².